The van der Waals surface area contributed by atoms with E-state index in [4.69, 9.17) is 4.42 Å². The number of hydrogen-bond acceptors (Lipinski definition) is 5. The van der Waals surface area contributed by atoms with E-state index in [0.717, 1.165) is 17.1 Å². The molecule has 1 amide bonds. The summed E-state index contributed by atoms with van der Waals surface area (Å²) < 4.78 is 30.1. The number of sulfonamides is 1. The highest BCUT2D eigenvalue weighted by molar-refractivity contribution is 7.88. The lowest BCUT2D eigenvalue weighted by atomic mass is 9.90. The zero-order valence-corrected chi connectivity index (χ0v) is 14.6. The maximum absolute atomic E-state index is 12.4. The van der Waals surface area contributed by atoms with Crippen molar-refractivity contribution in [3.05, 3.63) is 17.9 Å². The van der Waals surface area contributed by atoms with Crippen LogP contribution in [0.2, 0.25) is 0 Å². The number of nitrogens with one attached hydrogen (secondary N) is 1. The Bertz CT molecular complexity index is 714. The molecule has 2 rings (SSSR count). The smallest absolute Gasteiger partial charge is 0.329 e. The first kappa shape index (κ1) is 18.5. The van der Waals surface area contributed by atoms with Gasteiger partial charge in [0, 0.05) is 14.1 Å². The van der Waals surface area contributed by atoms with Gasteiger partial charge >= 0.3 is 5.97 Å². The summed E-state index contributed by atoms with van der Waals surface area (Å²) in [6.07, 6.45) is 3.97. The maximum Gasteiger partial charge on any atom is 0.329 e. The molecular formula is C15H22N2O6S. The standard InChI is InChI=1S/C15H22N2O6S/c1-17(2)24(21,22)12-8-7-11(23-12)13(18)16-15(14(19)20)9-5-3-4-6-10-15/h7-8H,3-6,9-10H2,1-2H3,(H,16,18)(H,19,20). The molecule has 24 heavy (non-hydrogen) atoms. The quantitative estimate of drug-likeness (QED) is 0.769. The highest BCUT2D eigenvalue weighted by atomic mass is 32.2. The molecule has 8 nitrogen and oxygen atoms in total. The predicted molar refractivity (Wildman–Crippen MR) is 85.1 cm³/mol. The van der Waals surface area contributed by atoms with E-state index in [0.29, 0.717) is 25.7 Å². The molecule has 0 bridgehead atoms. The lowest BCUT2D eigenvalue weighted by molar-refractivity contribution is -0.145. The summed E-state index contributed by atoms with van der Waals surface area (Å²) >= 11 is 0. The van der Waals surface area contributed by atoms with Crippen LogP contribution in [0.3, 0.4) is 0 Å². The van der Waals surface area contributed by atoms with Crippen molar-refractivity contribution >= 4 is 21.9 Å². The number of carbonyl (C=O) groups excluding carboxylic acids is 1. The molecule has 0 radical (unpaired) electrons. The van der Waals surface area contributed by atoms with Crippen LogP contribution in [-0.4, -0.2) is 49.3 Å². The number of hydrogen-bond donors (Lipinski definition) is 2. The van der Waals surface area contributed by atoms with Gasteiger partial charge in [0.15, 0.2) is 5.76 Å². The molecule has 0 unspecified atom stereocenters. The van der Waals surface area contributed by atoms with Crippen LogP contribution in [0.15, 0.2) is 21.6 Å². The number of aliphatic carboxylic acids is 1. The Morgan fingerprint density at radius 3 is 2.25 bits per heavy atom. The molecule has 1 aliphatic carbocycles. The van der Waals surface area contributed by atoms with Crippen molar-refractivity contribution in [2.75, 3.05) is 14.1 Å². The topological polar surface area (TPSA) is 117 Å². The van der Waals surface area contributed by atoms with E-state index in [1.54, 1.807) is 0 Å². The number of carboxylic acid groups (broad SMARTS) is 1. The summed E-state index contributed by atoms with van der Waals surface area (Å²) in [7, 11) is -1.09. The summed E-state index contributed by atoms with van der Waals surface area (Å²) in [5, 5.41) is 11.8. The van der Waals surface area contributed by atoms with E-state index in [1.807, 2.05) is 0 Å². The van der Waals surface area contributed by atoms with Gasteiger partial charge in [0.1, 0.15) is 5.54 Å². The molecular weight excluding hydrogens is 336 g/mol. The van der Waals surface area contributed by atoms with Crippen LogP contribution in [0.1, 0.15) is 49.1 Å². The van der Waals surface area contributed by atoms with Crippen molar-refractivity contribution in [1.82, 2.24) is 9.62 Å². The number of furan rings is 1. The Labute approximate surface area is 140 Å². The summed E-state index contributed by atoms with van der Waals surface area (Å²) in [6, 6.07) is 2.42. The minimum Gasteiger partial charge on any atom is -0.480 e. The summed E-state index contributed by atoms with van der Waals surface area (Å²) in [5.74, 6) is -2.02. The molecule has 1 aliphatic rings. The molecule has 134 valence electrons. The molecule has 0 atom stereocenters. The SMILES string of the molecule is CN(C)S(=O)(=O)c1ccc(C(=O)NC2(C(=O)O)CCCCCC2)o1. The zero-order chi connectivity index (χ0) is 18.0. The fourth-order valence-corrected chi connectivity index (χ4v) is 3.56. The number of carboxylic acids is 1. The lowest BCUT2D eigenvalue weighted by Crippen LogP contribution is -2.54. The van der Waals surface area contributed by atoms with E-state index in [1.165, 1.54) is 26.2 Å². The van der Waals surface area contributed by atoms with Gasteiger partial charge < -0.3 is 14.8 Å². The van der Waals surface area contributed by atoms with Crippen LogP contribution in [0.4, 0.5) is 0 Å². The van der Waals surface area contributed by atoms with Crippen molar-refractivity contribution in [2.24, 2.45) is 0 Å². The second-order valence-electron chi connectivity index (χ2n) is 6.16. The van der Waals surface area contributed by atoms with Gasteiger partial charge in [-0.25, -0.2) is 17.5 Å². The molecule has 2 N–H and O–H groups in total. The van der Waals surface area contributed by atoms with Gasteiger partial charge in [0.2, 0.25) is 5.09 Å². The second-order valence-corrected chi connectivity index (χ2v) is 8.24. The molecule has 0 saturated heterocycles. The molecule has 1 saturated carbocycles. The lowest BCUT2D eigenvalue weighted by Gasteiger charge is -2.28. The first-order chi connectivity index (χ1) is 11.2. The van der Waals surface area contributed by atoms with Crippen molar-refractivity contribution in [1.29, 1.82) is 0 Å². The third kappa shape index (κ3) is 3.62. The molecule has 1 heterocycles. The largest absolute Gasteiger partial charge is 0.480 e. The summed E-state index contributed by atoms with van der Waals surface area (Å²) in [4.78, 5) is 24.1. The third-order valence-electron chi connectivity index (χ3n) is 4.26. The van der Waals surface area contributed by atoms with Crippen molar-refractivity contribution in [2.45, 2.75) is 49.2 Å². The van der Waals surface area contributed by atoms with Gasteiger partial charge in [-0.05, 0) is 25.0 Å². The Balaban J connectivity index is 2.22. The highest BCUT2D eigenvalue weighted by Gasteiger charge is 2.40. The third-order valence-corrected chi connectivity index (χ3v) is 5.95. The van der Waals surface area contributed by atoms with Crippen molar-refractivity contribution in [3.8, 4) is 0 Å². The fourth-order valence-electron chi connectivity index (χ4n) is 2.76. The molecule has 0 aliphatic heterocycles. The Morgan fingerprint density at radius 1 is 1.17 bits per heavy atom. The minimum atomic E-state index is -3.79. The van der Waals surface area contributed by atoms with E-state index < -0.39 is 27.4 Å². The summed E-state index contributed by atoms with van der Waals surface area (Å²) in [6.45, 7) is 0. The van der Waals surface area contributed by atoms with E-state index in [9.17, 15) is 23.1 Å². The monoisotopic (exact) mass is 358 g/mol. The Hall–Kier alpha value is -1.87. The summed E-state index contributed by atoms with van der Waals surface area (Å²) in [5.41, 5.74) is -1.33. The van der Waals surface area contributed by atoms with E-state index in [-0.39, 0.29) is 10.9 Å². The number of amides is 1. The van der Waals surface area contributed by atoms with Gasteiger partial charge in [-0.3, -0.25) is 4.79 Å². The average Bonchev–Trinajstić information content (AvgIpc) is 2.89. The predicted octanol–water partition coefficient (Wildman–Crippen LogP) is 1.44. The van der Waals surface area contributed by atoms with Gasteiger partial charge in [-0.1, -0.05) is 25.7 Å². The van der Waals surface area contributed by atoms with Crippen LogP contribution in [0.5, 0.6) is 0 Å². The van der Waals surface area contributed by atoms with E-state index in [2.05, 4.69) is 5.32 Å². The second kappa shape index (κ2) is 6.94. The zero-order valence-electron chi connectivity index (χ0n) is 13.7. The first-order valence-electron chi connectivity index (χ1n) is 7.77. The maximum atomic E-state index is 12.4. The van der Waals surface area contributed by atoms with Gasteiger partial charge in [-0.2, -0.15) is 0 Å². The molecule has 0 spiro atoms. The van der Waals surface area contributed by atoms with E-state index >= 15 is 0 Å². The molecule has 1 fully saturated rings. The molecule has 0 aromatic carbocycles. The Morgan fingerprint density at radius 2 is 1.75 bits per heavy atom. The number of nitrogens with zero attached hydrogens (tertiary/aromatic N) is 1. The van der Waals surface area contributed by atoms with Crippen LogP contribution < -0.4 is 5.32 Å². The number of rotatable bonds is 5. The van der Waals surface area contributed by atoms with Crippen LogP contribution in [-0.2, 0) is 14.8 Å². The van der Waals surface area contributed by atoms with Crippen LogP contribution in [0.25, 0.3) is 0 Å². The Kier molecular flexibility index (Phi) is 5.34. The normalized spacial score (nSPS) is 18.1. The van der Waals surface area contributed by atoms with Crippen molar-refractivity contribution in [3.63, 3.8) is 0 Å². The average molecular weight is 358 g/mol. The highest BCUT2D eigenvalue weighted by Crippen LogP contribution is 2.28. The van der Waals surface area contributed by atoms with Gasteiger partial charge in [0.25, 0.3) is 15.9 Å². The molecule has 9 heteroatoms. The fraction of sp³-hybridized carbons (Fsp3) is 0.600. The minimum absolute atomic E-state index is 0.222. The van der Waals surface area contributed by atoms with Crippen LogP contribution >= 0.6 is 0 Å². The molecule has 1 aromatic heterocycles. The molecule has 1 aromatic rings. The first-order valence-corrected chi connectivity index (χ1v) is 9.21. The van der Waals surface area contributed by atoms with Crippen LogP contribution in [0, 0.1) is 0 Å². The number of carbonyl (C=O) groups is 2. The van der Waals surface area contributed by atoms with Crippen molar-refractivity contribution < 1.29 is 27.5 Å². The van der Waals surface area contributed by atoms with Gasteiger partial charge in [0.05, 0.1) is 0 Å². The van der Waals surface area contributed by atoms with Gasteiger partial charge in [-0.15, -0.1) is 0 Å².